The second-order valence-corrected chi connectivity index (χ2v) is 7.24. The zero-order chi connectivity index (χ0) is 15.6. The molecule has 0 unspecified atom stereocenters. The highest BCUT2D eigenvalue weighted by Gasteiger charge is 2.23. The summed E-state index contributed by atoms with van der Waals surface area (Å²) in [5.41, 5.74) is 0.203. The van der Waals surface area contributed by atoms with Crippen molar-refractivity contribution in [1.29, 1.82) is 0 Å². The van der Waals surface area contributed by atoms with E-state index in [9.17, 15) is 18.0 Å². The van der Waals surface area contributed by atoms with Crippen molar-refractivity contribution >= 4 is 33.3 Å². The Morgan fingerprint density at radius 1 is 1.38 bits per heavy atom. The lowest BCUT2D eigenvalue weighted by atomic mass is 10.2. The highest BCUT2D eigenvalue weighted by Crippen LogP contribution is 2.23. The Hall–Kier alpha value is -1.60. The average Bonchev–Trinajstić information content (AvgIpc) is 2.62. The van der Waals surface area contributed by atoms with Crippen LogP contribution in [0, 0.1) is 0 Å². The van der Waals surface area contributed by atoms with E-state index < -0.39 is 9.84 Å². The third kappa shape index (κ3) is 3.74. The van der Waals surface area contributed by atoms with Crippen molar-refractivity contribution in [3.05, 3.63) is 28.8 Å². The molecule has 0 bridgehead atoms. The molecule has 1 N–H and O–H groups in total. The van der Waals surface area contributed by atoms with E-state index in [1.54, 1.807) is 0 Å². The third-order valence-electron chi connectivity index (χ3n) is 3.13. The van der Waals surface area contributed by atoms with Gasteiger partial charge in [-0.15, -0.1) is 0 Å². The van der Waals surface area contributed by atoms with E-state index >= 15 is 0 Å². The van der Waals surface area contributed by atoms with Crippen molar-refractivity contribution in [3.63, 3.8) is 0 Å². The number of carbonyl (C=O) groups excluding carboxylic acids is 2. The van der Waals surface area contributed by atoms with E-state index in [0.29, 0.717) is 19.5 Å². The van der Waals surface area contributed by atoms with E-state index in [0.717, 1.165) is 6.26 Å². The zero-order valence-electron chi connectivity index (χ0n) is 11.4. The fourth-order valence-electron chi connectivity index (χ4n) is 2.08. The minimum atomic E-state index is -3.52. The number of rotatable bonds is 2. The van der Waals surface area contributed by atoms with Gasteiger partial charge in [0.1, 0.15) is 0 Å². The molecule has 1 heterocycles. The van der Waals surface area contributed by atoms with Crippen LogP contribution in [0.5, 0.6) is 0 Å². The molecule has 0 aliphatic carbocycles. The van der Waals surface area contributed by atoms with Gasteiger partial charge in [-0.05, 0) is 24.6 Å². The predicted molar refractivity (Wildman–Crippen MR) is 78.1 cm³/mol. The van der Waals surface area contributed by atoms with Crippen LogP contribution in [0.2, 0.25) is 5.02 Å². The van der Waals surface area contributed by atoms with Gasteiger partial charge in [0, 0.05) is 24.9 Å². The Kier molecular flexibility index (Phi) is 4.53. The smallest absolute Gasteiger partial charge is 0.254 e. The molecular formula is C13H15ClN2O4S. The van der Waals surface area contributed by atoms with Gasteiger partial charge in [0.25, 0.3) is 5.91 Å². The summed E-state index contributed by atoms with van der Waals surface area (Å²) in [5, 5.41) is 2.75. The number of benzene rings is 1. The first-order valence-electron chi connectivity index (χ1n) is 6.34. The summed E-state index contributed by atoms with van der Waals surface area (Å²) in [6.07, 6.45) is 1.69. The molecule has 0 atom stereocenters. The van der Waals surface area contributed by atoms with Crippen LogP contribution in [0.15, 0.2) is 23.1 Å². The summed E-state index contributed by atoms with van der Waals surface area (Å²) in [4.78, 5) is 25.2. The fraction of sp³-hybridized carbons (Fsp3) is 0.385. The predicted octanol–water partition coefficient (Wildman–Crippen LogP) is 0.706. The Morgan fingerprint density at radius 3 is 2.76 bits per heavy atom. The van der Waals surface area contributed by atoms with Crippen LogP contribution in [0.4, 0.5) is 0 Å². The lowest BCUT2D eigenvalue weighted by Crippen LogP contribution is -2.37. The molecule has 0 spiro atoms. The first kappa shape index (κ1) is 15.8. The van der Waals surface area contributed by atoms with Gasteiger partial charge in [0.2, 0.25) is 5.91 Å². The third-order valence-corrected chi connectivity index (χ3v) is 4.70. The number of nitrogens with one attached hydrogen (secondary N) is 1. The Labute approximate surface area is 128 Å². The summed E-state index contributed by atoms with van der Waals surface area (Å²) < 4.78 is 23.3. The van der Waals surface area contributed by atoms with E-state index in [1.807, 2.05) is 0 Å². The first-order chi connectivity index (χ1) is 9.79. The number of hydrogen-bond donors (Lipinski definition) is 1. The Morgan fingerprint density at radius 2 is 2.10 bits per heavy atom. The van der Waals surface area contributed by atoms with E-state index in [4.69, 9.17) is 11.6 Å². The molecule has 1 aliphatic heterocycles. The number of amides is 2. The number of sulfone groups is 1. The van der Waals surface area contributed by atoms with E-state index in [2.05, 4.69) is 5.32 Å². The molecule has 6 nitrogen and oxygen atoms in total. The molecule has 8 heteroatoms. The molecule has 1 aromatic carbocycles. The van der Waals surface area contributed by atoms with Crippen molar-refractivity contribution < 1.29 is 18.0 Å². The summed E-state index contributed by atoms with van der Waals surface area (Å²) in [6, 6.07) is 4.09. The van der Waals surface area contributed by atoms with Crippen LogP contribution in [-0.4, -0.2) is 51.0 Å². The lowest BCUT2D eigenvalue weighted by Gasteiger charge is -2.19. The van der Waals surface area contributed by atoms with Crippen LogP contribution in [-0.2, 0) is 14.6 Å². The Balaban J connectivity index is 2.33. The summed E-state index contributed by atoms with van der Waals surface area (Å²) in [7, 11) is -3.52. The van der Waals surface area contributed by atoms with Gasteiger partial charge >= 0.3 is 0 Å². The van der Waals surface area contributed by atoms with Crippen molar-refractivity contribution in [1.82, 2.24) is 10.2 Å². The molecule has 2 amide bonds. The second kappa shape index (κ2) is 6.03. The lowest BCUT2D eigenvalue weighted by molar-refractivity contribution is -0.121. The fourth-order valence-corrected chi connectivity index (χ4v) is 3.38. The molecule has 1 aliphatic rings. The summed E-state index contributed by atoms with van der Waals surface area (Å²) >= 11 is 5.85. The Bertz CT molecular complexity index is 687. The standard InChI is InChI=1S/C13H15ClN2O4S/c1-21(19,20)11-7-9(3-4-10(11)14)13(18)16-6-2-5-15-12(17)8-16/h3-4,7H,2,5-6,8H2,1H3,(H,15,17). The van der Waals surface area contributed by atoms with Gasteiger partial charge in [0.15, 0.2) is 9.84 Å². The van der Waals surface area contributed by atoms with Crippen LogP contribution < -0.4 is 5.32 Å². The maximum absolute atomic E-state index is 12.4. The molecule has 0 radical (unpaired) electrons. The number of halogens is 1. The van der Waals surface area contributed by atoms with Gasteiger partial charge in [-0.25, -0.2) is 8.42 Å². The number of hydrogen-bond acceptors (Lipinski definition) is 4. The highest BCUT2D eigenvalue weighted by molar-refractivity contribution is 7.90. The quantitative estimate of drug-likeness (QED) is 0.865. The minimum Gasteiger partial charge on any atom is -0.354 e. The molecule has 0 aromatic heterocycles. The number of carbonyl (C=O) groups is 2. The maximum Gasteiger partial charge on any atom is 0.254 e. The van der Waals surface area contributed by atoms with E-state index in [1.165, 1.54) is 23.1 Å². The molecule has 0 saturated carbocycles. The van der Waals surface area contributed by atoms with Gasteiger partial charge in [0.05, 0.1) is 16.5 Å². The van der Waals surface area contributed by atoms with Crippen molar-refractivity contribution in [3.8, 4) is 0 Å². The van der Waals surface area contributed by atoms with Gasteiger partial charge < -0.3 is 10.2 Å². The SMILES string of the molecule is CS(=O)(=O)c1cc(C(=O)N2CCCNC(=O)C2)ccc1Cl. The average molecular weight is 331 g/mol. The van der Waals surface area contributed by atoms with Gasteiger partial charge in [-0.1, -0.05) is 11.6 Å². The summed E-state index contributed by atoms with van der Waals surface area (Å²) in [6.45, 7) is 0.932. The van der Waals surface area contributed by atoms with E-state index in [-0.39, 0.29) is 33.8 Å². The van der Waals surface area contributed by atoms with Crippen LogP contribution in [0.1, 0.15) is 16.8 Å². The van der Waals surface area contributed by atoms with Crippen LogP contribution in [0.25, 0.3) is 0 Å². The van der Waals surface area contributed by atoms with Crippen molar-refractivity contribution in [2.24, 2.45) is 0 Å². The monoisotopic (exact) mass is 330 g/mol. The largest absolute Gasteiger partial charge is 0.354 e. The minimum absolute atomic E-state index is 0.0321. The molecule has 114 valence electrons. The van der Waals surface area contributed by atoms with Gasteiger partial charge in [-0.2, -0.15) is 0 Å². The normalized spacial score (nSPS) is 16.3. The molecule has 1 aromatic rings. The van der Waals surface area contributed by atoms with Crippen molar-refractivity contribution in [2.45, 2.75) is 11.3 Å². The first-order valence-corrected chi connectivity index (χ1v) is 8.61. The topological polar surface area (TPSA) is 83.6 Å². The molecule has 1 fully saturated rings. The summed E-state index contributed by atoms with van der Waals surface area (Å²) in [5.74, 6) is -0.605. The highest BCUT2D eigenvalue weighted by atomic mass is 35.5. The molecule has 1 saturated heterocycles. The van der Waals surface area contributed by atoms with Gasteiger partial charge in [-0.3, -0.25) is 9.59 Å². The molecular weight excluding hydrogens is 316 g/mol. The van der Waals surface area contributed by atoms with Crippen LogP contribution >= 0.6 is 11.6 Å². The second-order valence-electron chi connectivity index (χ2n) is 4.85. The maximum atomic E-state index is 12.4. The zero-order valence-corrected chi connectivity index (χ0v) is 13.0. The van der Waals surface area contributed by atoms with Crippen molar-refractivity contribution in [2.75, 3.05) is 25.9 Å². The number of nitrogens with zero attached hydrogens (tertiary/aromatic N) is 1. The van der Waals surface area contributed by atoms with Crippen LogP contribution in [0.3, 0.4) is 0 Å². The molecule has 21 heavy (non-hydrogen) atoms. The molecule has 2 rings (SSSR count).